The zero-order chi connectivity index (χ0) is 15.1. The molecular formula is C16H17F2NO2. The number of hydrogen-bond donors (Lipinski definition) is 1. The standard InChI is InChI=1S/C16H17F2NO2/c17-14-2-1-3-15(18)16(14)21-11-10-20-13-6-4-12(5-7-13)8-9-19/h1-7H,8-11,19H2. The molecule has 2 aromatic carbocycles. The van der Waals surface area contributed by atoms with Crippen molar-refractivity contribution in [2.24, 2.45) is 5.73 Å². The van der Waals surface area contributed by atoms with Crippen molar-refractivity contribution in [1.29, 1.82) is 0 Å². The normalized spacial score (nSPS) is 10.4. The van der Waals surface area contributed by atoms with Crippen LogP contribution in [0.3, 0.4) is 0 Å². The zero-order valence-corrected chi connectivity index (χ0v) is 11.5. The Bertz CT molecular complexity index is 553. The average molecular weight is 293 g/mol. The second kappa shape index (κ2) is 7.59. The quantitative estimate of drug-likeness (QED) is 0.798. The van der Waals surface area contributed by atoms with Crippen molar-refractivity contribution in [3.63, 3.8) is 0 Å². The van der Waals surface area contributed by atoms with Gasteiger partial charge in [-0.15, -0.1) is 0 Å². The molecule has 21 heavy (non-hydrogen) atoms. The predicted molar refractivity (Wildman–Crippen MR) is 76.5 cm³/mol. The molecule has 112 valence electrons. The molecule has 0 aliphatic carbocycles. The van der Waals surface area contributed by atoms with Crippen LogP contribution in [0.2, 0.25) is 0 Å². The van der Waals surface area contributed by atoms with Crippen LogP contribution in [-0.4, -0.2) is 19.8 Å². The van der Waals surface area contributed by atoms with Gasteiger partial charge in [0.2, 0.25) is 0 Å². The topological polar surface area (TPSA) is 44.5 Å². The fraction of sp³-hybridized carbons (Fsp3) is 0.250. The molecule has 0 aliphatic heterocycles. The van der Waals surface area contributed by atoms with Crippen molar-refractivity contribution in [1.82, 2.24) is 0 Å². The summed E-state index contributed by atoms with van der Waals surface area (Å²) in [4.78, 5) is 0. The van der Waals surface area contributed by atoms with Crippen molar-refractivity contribution in [2.75, 3.05) is 19.8 Å². The zero-order valence-electron chi connectivity index (χ0n) is 11.5. The Morgan fingerprint density at radius 2 is 1.48 bits per heavy atom. The number of benzene rings is 2. The molecular weight excluding hydrogens is 276 g/mol. The molecule has 2 N–H and O–H groups in total. The lowest BCUT2D eigenvalue weighted by Gasteiger charge is -2.10. The predicted octanol–water partition coefficient (Wildman–Crippen LogP) is 2.92. The number of halogens is 2. The molecule has 3 nitrogen and oxygen atoms in total. The number of nitrogens with two attached hydrogens (primary N) is 1. The lowest BCUT2D eigenvalue weighted by Crippen LogP contribution is -2.10. The van der Waals surface area contributed by atoms with Crippen LogP contribution in [0.4, 0.5) is 8.78 Å². The maximum atomic E-state index is 13.3. The maximum absolute atomic E-state index is 13.3. The summed E-state index contributed by atoms with van der Waals surface area (Å²) in [5.41, 5.74) is 6.60. The largest absolute Gasteiger partial charge is 0.490 e. The molecule has 0 heterocycles. The van der Waals surface area contributed by atoms with Crippen molar-refractivity contribution in [3.8, 4) is 11.5 Å². The molecule has 0 spiro atoms. The van der Waals surface area contributed by atoms with Gasteiger partial charge in [-0.3, -0.25) is 0 Å². The van der Waals surface area contributed by atoms with Gasteiger partial charge in [0.25, 0.3) is 0 Å². The van der Waals surface area contributed by atoms with Crippen molar-refractivity contribution in [2.45, 2.75) is 6.42 Å². The number of hydrogen-bond acceptors (Lipinski definition) is 3. The van der Waals surface area contributed by atoms with Crippen LogP contribution in [-0.2, 0) is 6.42 Å². The van der Waals surface area contributed by atoms with Gasteiger partial charge >= 0.3 is 0 Å². The first-order valence-electron chi connectivity index (χ1n) is 6.69. The first-order valence-corrected chi connectivity index (χ1v) is 6.69. The van der Waals surface area contributed by atoms with Crippen LogP contribution in [0.25, 0.3) is 0 Å². The second-order valence-corrected chi connectivity index (χ2v) is 4.43. The molecule has 0 aromatic heterocycles. The van der Waals surface area contributed by atoms with E-state index in [2.05, 4.69) is 0 Å². The highest BCUT2D eigenvalue weighted by atomic mass is 19.1. The molecule has 0 atom stereocenters. The van der Waals surface area contributed by atoms with E-state index in [1.165, 1.54) is 6.07 Å². The van der Waals surface area contributed by atoms with Gasteiger partial charge in [0.05, 0.1) is 0 Å². The molecule has 2 rings (SSSR count). The van der Waals surface area contributed by atoms with E-state index in [1.54, 1.807) is 0 Å². The summed E-state index contributed by atoms with van der Waals surface area (Å²) in [6, 6.07) is 11.1. The van der Waals surface area contributed by atoms with E-state index < -0.39 is 11.6 Å². The Kier molecular flexibility index (Phi) is 5.51. The van der Waals surface area contributed by atoms with Gasteiger partial charge in [-0.1, -0.05) is 18.2 Å². The van der Waals surface area contributed by atoms with E-state index in [1.807, 2.05) is 24.3 Å². The van der Waals surface area contributed by atoms with Gasteiger partial charge in [0.15, 0.2) is 17.4 Å². The molecule has 0 saturated carbocycles. The third-order valence-electron chi connectivity index (χ3n) is 2.87. The van der Waals surface area contributed by atoms with Crippen LogP contribution in [0, 0.1) is 11.6 Å². The molecule has 0 amide bonds. The van der Waals surface area contributed by atoms with E-state index in [9.17, 15) is 8.78 Å². The van der Waals surface area contributed by atoms with Crippen molar-refractivity contribution < 1.29 is 18.3 Å². The summed E-state index contributed by atoms with van der Waals surface area (Å²) in [6.45, 7) is 0.856. The molecule has 0 aliphatic rings. The smallest absolute Gasteiger partial charge is 0.190 e. The molecule has 0 fully saturated rings. The summed E-state index contributed by atoms with van der Waals surface area (Å²) in [5.74, 6) is -1.14. The lowest BCUT2D eigenvalue weighted by molar-refractivity contribution is 0.205. The minimum absolute atomic E-state index is 0.0579. The summed E-state index contributed by atoms with van der Waals surface area (Å²) in [5, 5.41) is 0. The van der Waals surface area contributed by atoms with Gasteiger partial charge in [0.1, 0.15) is 19.0 Å². The number of para-hydroxylation sites is 1. The first-order chi connectivity index (χ1) is 10.2. The van der Waals surface area contributed by atoms with Crippen molar-refractivity contribution in [3.05, 3.63) is 59.7 Å². The van der Waals surface area contributed by atoms with E-state index in [-0.39, 0.29) is 19.0 Å². The van der Waals surface area contributed by atoms with Gasteiger partial charge in [0, 0.05) is 0 Å². The highest BCUT2D eigenvalue weighted by Gasteiger charge is 2.09. The number of rotatable bonds is 7. The molecule has 5 heteroatoms. The fourth-order valence-electron chi connectivity index (χ4n) is 1.84. The molecule has 0 unspecified atom stereocenters. The Labute approximate surface area is 122 Å². The van der Waals surface area contributed by atoms with E-state index >= 15 is 0 Å². The first kappa shape index (κ1) is 15.3. The lowest BCUT2D eigenvalue weighted by atomic mass is 10.1. The second-order valence-electron chi connectivity index (χ2n) is 4.43. The van der Waals surface area contributed by atoms with E-state index in [0.29, 0.717) is 12.3 Å². The highest BCUT2D eigenvalue weighted by Crippen LogP contribution is 2.20. The summed E-state index contributed by atoms with van der Waals surface area (Å²) >= 11 is 0. The summed E-state index contributed by atoms with van der Waals surface area (Å²) in [6.07, 6.45) is 0.815. The van der Waals surface area contributed by atoms with Gasteiger partial charge in [-0.05, 0) is 42.8 Å². The minimum atomic E-state index is -0.721. The van der Waals surface area contributed by atoms with Crippen LogP contribution in [0.15, 0.2) is 42.5 Å². The highest BCUT2D eigenvalue weighted by molar-refractivity contribution is 5.28. The Morgan fingerprint density at radius 3 is 2.10 bits per heavy atom. The van der Waals surface area contributed by atoms with Crippen LogP contribution in [0.1, 0.15) is 5.56 Å². The van der Waals surface area contributed by atoms with Gasteiger partial charge in [-0.2, -0.15) is 0 Å². The summed E-state index contributed by atoms with van der Waals surface area (Å²) in [7, 11) is 0. The maximum Gasteiger partial charge on any atom is 0.190 e. The van der Waals surface area contributed by atoms with Crippen LogP contribution < -0.4 is 15.2 Å². The Morgan fingerprint density at radius 1 is 0.857 bits per heavy atom. The Hall–Kier alpha value is -2.14. The van der Waals surface area contributed by atoms with Crippen LogP contribution >= 0.6 is 0 Å². The monoisotopic (exact) mass is 293 g/mol. The third-order valence-corrected chi connectivity index (χ3v) is 2.87. The molecule has 0 radical (unpaired) electrons. The van der Waals surface area contributed by atoms with Crippen molar-refractivity contribution >= 4 is 0 Å². The average Bonchev–Trinajstić information content (AvgIpc) is 2.48. The summed E-state index contributed by atoms with van der Waals surface area (Å²) < 4.78 is 37.1. The Balaban J connectivity index is 1.79. The van der Waals surface area contributed by atoms with Crippen LogP contribution in [0.5, 0.6) is 11.5 Å². The molecule has 0 saturated heterocycles. The third kappa shape index (κ3) is 4.43. The van der Waals surface area contributed by atoms with Gasteiger partial charge in [-0.25, -0.2) is 8.78 Å². The molecule has 0 bridgehead atoms. The SMILES string of the molecule is NCCc1ccc(OCCOc2c(F)cccc2F)cc1. The van der Waals surface area contributed by atoms with E-state index in [0.717, 1.165) is 24.1 Å². The molecule has 2 aromatic rings. The minimum Gasteiger partial charge on any atom is -0.490 e. The fourth-order valence-corrected chi connectivity index (χ4v) is 1.84. The van der Waals surface area contributed by atoms with Gasteiger partial charge < -0.3 is 15.2 Å². The number of ether oxygens (including phenoxy) is 2. The van der Waals surface area contributed by atoms with E-state index in [4.69, 9.17) is 15.2 Å².